The summed E-state index contributed by atoms with van der Waals surface area (Å²) in [7, 11) is 0. The molecule has 0 aliphatic carbocycles. The average molecular weight is 283 g/mol. The Balaban J connectivity index is 2.13. The molecule has 84 valence electrons. The molecule has 0 aromatic heterocycles. The Bertz CT molecular complexity index is 427. The highest BCUT2D eigenvalue weighted by Crippen LogP contribution is 2.18. The molecular weight excluding hydrogens is 271 g/mol. The minimum atomic E-state index is -0.250. The van der Waals surface area contributed by atoms with Crippen LogP contribution in [0.3, 0.4) is 0 Å². The van der Waals surface area contributed by atoms with Gasteiger partial charge in [0.05, 0.1) is 0 Å². The second-order valence-corrected chi connectivity index (χ2v) is 4.63. The van der Waals surface area contributed by atoms with Gasteiger partial charge in [-0.2, -0.15) is 0 Å². The number of halogens is 2. The normalized spacial score (nSPS) is 16.6. The average Bonchev–Trinajstić information content (AvgIpc) is 2.32. The number of rotatable bonds is 0. The maximum atomic E-state index is 13.0. The van der Waals surface area contributed by atoms with E-state index in [1.807, 2.05) is 0 Å². The fourth-order valence-corrected chi connectivity index (χ4v) is 1.96. The lowest BCUT2D eigenvalue weighted by atomic mass is 10.0. The molecule has 0 N–H and O–H groups in total. The molecule has 1 fully saturated rings. The highest BCUT2D eigenvalue weighted by atomic mass is 79.9. The smallest absolute Gasteiger partial charge is 0.124 e. The quantitative estimate of drug-likeness (QED) is 0.663. The van der Waals surface area contributed by atoms with E-state index in [1.54, 1.807) is 6.07 Å². The lowest BCUT2D eigenvalue weighted by Gasteiger charge is -2.16. The number of benzene rings is 1. The molecule has 16 heavy (non-hydrogen) atoms. The first-order chi connectivity index (χ1) is 7.75. The summed E-state index contributed by atoms with van der Waals surface area (Å²) in [6.07, 6.45) is 1.94. The van der Waals surface area contributed by atoms with Crippen LogP contribution in [-0.2, 0) is 4.74 Å². The largest absolute Gasteiger partial charge is 0.381 e. The van der Waals surface area contributed by atoms with Crippen LogP contribution in [-0.4, -0.2) is 13.2 Å². The number of ether oxygens (including phenoxy) is 1. The van der Waals surface area contributed by atoms with Crippen molar-refractivity contribution in [2.45, 2.75) is 12.8 Å². The second kappa shape index (κ2) is 5.47. The summed E-state index contributed by atoms with van der Waals surface area (Å²) in [5.41, 5.74) is 0.714. The maximum absolute atomic E-state index is 13.0. The Morgan fingerprint density at radius 2 is 2.06 bits per heavy atom. The van der Waals surface area contributed by atoms with Crippen LogP contribution in [0.15, 0.2) is 22.7 Å². The minimum Gasteiger partial charge on any atom is -0.381 e. The summed E-state index contributed by atoms with van der Waals surface area (Å²) in [4.78, 5) is 0. The van der Waals surface area contributed by atoms with Crippen molar-refractivity contribution in [3.8, 4) is 11.8 Å². The van der Waals surface area contributed by atoms with E-state index in [0.29, 0.717) is 11.5 Å². The molecule has 0 radical (unpaired) electrons. The predicted molar refractivity (Wildman–Crippen MR) is 64.5 cm³/mol. The molecule has 0 bridgehead atoms. The predicted octanol–water partition coefficient (Wildman–Crippen LogP) is 3.37. The third kappa shape index (κ3) is 3.07. The van der Waals surface area contributed by atoms with Gasteiger partial charge in [-0.1, -0.05) is 11.8 Å². The topological polar surface area (TPSA) is 9.23 Å². The van der Waals surface area contributed by atoms with E-state index in [1.165, 1.54) is 12.1 Å². The van der Waals surface area contributed by atoms with Crippen LogP contribution in [0, 0.1) is 23.6 Å². The van der Waals surface area contributed by atoms with Crippen LogP contribution in [0.1, 0.15) is 18.4 Å². The van der Waals surface area contributed by atoms with Crippen molar-refractivity contribution >= 4 is 15.9 Å². The van der Waals surface area contributed by atoms with Gasteiger partial charge in [-0.3, -0.25) is 0 Å². The number of hydrogen-bond donors (Lipinski definition) is 0. The monoisotopic (exact) mass is 282 g/mol. The summed E-state index contributed by atoms with van der Waals surface area (Å²) in [5.74, 6) is 6.34. The first-order valence-corrected chi connectivity index (χ1v) is 6.09. The van der Waals surface area contributed by atoms with Gasteiger partial charge < -0.3 is 4.74 Å². The molecule has 3 heteroatoms. The van der Waals surface area contributed by atoms with Crippen molar-refractivity contribution < 1.29 is 9.13 Å². The van der Waals surface area contributed by atoms with Gasteiger partial charge in [0.1, 0.15) is 5.82 Å². The van der Waals surface area contributed by atoms with E-state index >= 15 is 0 Å². The van der Waals surface area contributed by atoms with E-state index in [9.17, 15) is 4.39 Å². The van der Waals surface area contributed by atoms with Crippen LogP contribution >= 0.6 is 15.9 Å². The Labute approximate surface area is 103 Å². The van der Waals surface area contributed by atoms with Crippen molar-refractivity contribution in [3.05, 3.63) is 34.1 Å². The van der Waals surface area contributed by atoms with E-state index in [2.05, 4.69) is 27.8 Å². The lowest BCUT2D eigenvalue weighted by Crippen LogP contribution is -2.13. The van der Waals surface area contributed by atoms with Crippen molar-refractivity contribution in [1.82, 2.24) is 0 Å². The third-order valence-corrected chi connectivity index (χ3v) is 3.25. The van der Waals surface area contributed by atoms with Crippen molar-refractivity contribution in [1.29, 1.82) is 0 Å². The van der Waals surface area contributed by atoms with Gasteiger partial charge in [0.15, 0.2) is 0 Å². The maximum Gasteiger partial charge on any atom is 0.124 e. The Hall–Kier alpha value is -0.850. The van der Waals surface area contributed by atoms with Gasteiger partial charge in [-0.25, -0.2) is 4.39 Å². The van der Waals surface area contributed by atoms with Gasteiger partial charge in [0.25, 0.3) is 0 Å². The summed E-state index contributed by atoms with van der Waals surface area (Å²) in [5, 5.41) is 0. The van der Waals surface area contributed by atoms with Crippen molar-refractivity contribution in [3.63, 3.8) is 0 Å². The lowest BCUT2D eigenvalue weighted by molar-refractivity contribution is 0.0807. The fourth-order valence-electron chi connectivity index (χ4n) is 1.62. The van der Waals surface area contributed by atoms with Gasteiger partial charge in [-0.15, -0.1) is 0 Å². The molecule has 1 aromatic carbocycles. The molecule has 0 atom stereocenters. The molecule has 1 aromatic rings. The molecule has 1 aliphatic rings. The van der Waals surface area contributed by atoms with Crippen LogP contribution in [0.25, 0.3) is 0 Å². The Morgan fingerprint density at radius 1 is 1.31 bits per heavy atom. The molecule has 0 unspecified atom stereocenters. The SMILES string of the molecule is Fc1ccc(Br)c(C#CC2CCOCC2)c1. The first kappa shape index (κ1) is 11.6. The van der Waals surface area contributed by atoms with E-state index in [4.69, 9.17) is 4.74 Å². The van der Waals surface area contributed by atoms with Crippen LogP contribution in [0.2, 0.25) is 0 Å². The molecular formula is C13H12BrFO. The molecule has 1 aliphatic heterocycles. The highest BCUT2D eigenvalue weighted by molar-refractivity contribution is 9.10. The molecule has 1 saturated heterocycles. The van der Waals surface area contributed by atoms with E-state index in [0.717, 1.165) is 30.5 Å². The Morgan fingerprint density at radius 3 is 2.81 bits per heavy atom. The zero-order valence-electron chi connectivity index (χ0n) is 8.80. The van der Waals surface area contributed by atoms with Crippen LogP contribution < -0.4 is 0 Å². The first-order valence-electron chi connectivity index (χ1n) is 5.30. The standard InChI is InChI=1S/C13H12BrFO/c14-13-4-3-12(15)9-11(13)2-1-10-5-7-16-8-6-10/h3-4,9-10H,5-8H2. The van der Waals surface area contributed by atoms with Crippen molar-refractivity contribution in [2.75, 3.05) is 13.2 Å². The van der Waals surface area contributed by atoms with Crippen LogP contribution in [0.5, 0.6) is 0 Å². The van der Waals surface area contributed by atoms with E-state index < -0.39 is 0 Å². The van der Waals surface area contributed by atoms with E-state index in [-0.39, 0.29) is 5.82 Å². The minimum absolute atomic E-state index is 0.250. The molecule has 0 saturated carbocycles. The van der Waals surface area contributed by atoms with Gasteiger partial charge in [-0.05, 0) is 47.0 Å². The third-order valence-electron chi connectivity index (χ3n) is 2.56. The van der Waals surface area contributed by atoms with Crippen molar-refractivity contribution in [2.24, 2.45) is 5.92 Å². The summed E-state index contributed by atoms with van der Waals surface area (Å²) >= 11 is 3.36. The zero-order valence-corrected chi connectivity index (χ0v) is 10.4. The Kier molecular flexibility index (Phi) is 3.98. The van der Waals surface area contributed by atoms with Gasteiger partial charge in [0, 0.05) is 29.2 Å². The van der Waals surface area contributed by atoms with Gasteiger partial charge >= 0.3 is 0 Å². The molecule has 2 rings (SSSR count). The molecule has 1 nitrogen and oxygen atoms in total. The van der Waals surface area contributed by atoms with Gasteiger partial charge in [0.2, 0.25) is 0 Å². The molecule has 1 heterocycles. The number of hydrogen-bond acceptors (Lipinski definition) is 1. The highest BCUT2D eigenvalue weighted by Gasteiger charge is 2.10. The molecule has 0 spiro atoms. The zero-order chi connectivity index (χ0) is 11.4. The van der Waals surface area contributed by atoms with Crippen LogP contribution in [0.4, 0.5) is 4.39 Å². The summed E-state index contributed by atoms with van der Waals surface area (Å²) < 4.78 is 19.1. The molecule has 0 amide bonds. The second-order valence-electron chi connectivity index (χ2n) is 3.78. The summed E-state index contributed by atoms with van der Waals surface area (Å²) in [6.45, 7) is 1.56. The fraction of sp³-hybridized carbons (Fsp3) is 0.385. The summed E-state index contributed by atoms with van der Waals surface area (Å²) in [6, 6.07) is 4.56.